The highest BCUT2D eigenvalue weighted by Gasteiger charge is 2.23. The molecule has 6 rings (SSSR count). The van der Waals surface area contributed by atoms with E-state index in [9.17, 15) is 0 Å². The van der Waals surface area contributed by atoms with E-state index in [0.717, 1.165) is 67.2 Å². The molecule has 7 heteroatoms. The topological polar surface area (TPSA) is 78.1 Å². The van der Waals surface area contributed by atoms with Crippen LogP contribution in [0.5, 0.6) is 0 Å². The van der Waals surface area contributed by atoms with Gasteiger partial charge in [0, 0.05) is 42.9 Å². The van der Waals surface area contributed by atoms with Crippen molar-refractivity contribution in [3.05, 3.63) is 54.5 Å². The normalized spacial score (nSPS) is 19.7. The molecule has 2 fully saturated rings. The summed E-state index contributed by atoms with van der Waals surface area (Å²) in [7, 11) is 0. The summed E-state index contributed by atoms with van der Waals surface area (Å²) in [6.07, 6.45) is 4.89. The van der Waals surface area contributed by atoms with E-state index >= 15 is 0 Å². The van der Waals surface area contributed by atoms with E-state index in [2.05, 4.69) is 57.1 Å². The molecule has 2 aliphatic rings. The first-order chi connectivity index (χ1) is 14.9. The van der Waals surface area contributed by atoms with Gasteiger partial charge in [0.25, 0.3) is 0 Å². The van der Waals surface area contributed by atoms with Crippen molar-refractivity contribution in [2.75, 3.05) is 37.7 Å². The summed E-state index contributed by atoms with van der Waals surface area (Å²) in [5.74, 6) is 0.993. The van der Waals surface area contributed by atoms with Crippen molar-refractivity contribution in [1.29, 1.82) is 0 Å². The number of hydrazine groups is 1. The Morgan fingerprint density at radius 1 is 1.07 bits per heavy atom. The van der Waals surface area contributed by atoms with Gasteiger partial charge in [-0.05, 0) is 47.2 Å². The van der Waals surface area contributed by atoms with Gasteiger partial charge in [-0.2, -0.15) is 0 Å². The molecule has 2 aliphatic heterocycles. The first-order valence-corrected chi connectivity index (χ1v) is 10.5. The number of nitrogens with one attached hydrogen (secondary N) is 3. The highest BCUT2D eigenvalue weighted by molar-refractivity contribution is 5.99. The Morgan fingerprint density at radius 3 is 2.87 bits per heavy atom. The van der Waals surface area contributed by atoms with Crippen molar-refractivity contribution >= 4 is 27.6 Å². The van der Waals surface area contributed by atoms with Crippen LogP contribution >= 0.6 is 0 Å². The minimum Gasteiger partial charge on any atom is -0.378 e. The van der Waals surface area contributed by atoms with E-state index in [1.807, 2.05) is 12.4 Å². The summed E-state index contributed by atoms with van der Waals surface area (Å²) in [5.41, 5.74) is 12.1. The average molecular weight is 400 g/mol. The molecule has 152 valence electrons. The van der Waals surface area contributed by atoms with E-state index in [1.165, 1.54) is 16.5 Å². The van der Waals surface area contributed by atoms with E-state index < -0.39 is 0 Å². The Balaban J connectivity index is 1.58. The minimum absolute atomic E-state index is 0.167. The van der Waals surface area contributed by atoms with Gasteiger partial charge in [0.05, 0.1) is 30.5 Å². The zero-order valence-electron chi connectivity index (χ0n) is 16.7. The number of morpholine rings is 1. The molecule has 3 aromatic heterocycles. The standard InChI is InChI=1S/C23H24N6O/c1-2-16(13-20-15(1)3-6-24-20)18-14-21(29-9-11-30-12-10-29)27-22-17(18)4-7-25-23(22)19-5-8-26-28-19/h1-4,6-7,13-14,19,24,26,28H,5,8-12H2. The third-order valence-corrected chi connectivity index (χ3v) is 6.11. The van der Waals surface area contributed by atoms with Gasteiger partial charge in [0.2, 0.25) is 0 Å². The molecule has 0 amide bonds. The molecule has 0 saturated carbocycles. The highest BCUT2D eigenvalue weighted by Crippen LogP contribution is 2.35. The molecule has 1 unspecified atom stereocenters. The number of aromatic amines is 1. The van der Waals surface area contributed by atoms with Crippen LogP contribution in [0.3, 0.4) is 0 Å². The van der Waals surface area contributed by atoms with Crippen molar-refractivity contribution in [2.45, 2.75) is 12.5 Å². The third-order valence-electron chi connectivity index (χ3n) is 6.11. The Kier molecular flexibility index (Phi) is 4.37. The van der Waals surface area contributed by atoms with Gasteiger partial charge >= 0.3 is 0 Å². The number of aromatic nitrogens is 3. The Hall–Kier alpha value is -3.00. The number of hydrogen-bond donors (Lipinski definition) is 3. The molecule has 0 aliphatic carbocycles. The smallest absolute Gasteiger partial charge is 0.130 e. The number of anilines is 1. The fourth-order valence-corrected chi connectivity index (χ4v) is 4.51. The van der Waals surface area contributed by atoms with E-state index in [1.54, 1.807) is 0 Å². The molecular formula is C23H24N6O. The van der Waals surface area contributed by atoms with Crippen LogP contribution < -0.4 is 15.8 Å². The van der Waals surface area contributed by atoms with Gasteiger partial charge in [-0.1, -0.05) is 12.1 Å². The molecule has 0 bridgehead atoms. The van der Waals surface area contributed by atoms with Crippen molar-refractivity contribution in [3.63, 3.8) is 0 Å². The van der Waals surface area contributed by atoms with Crippen LogP contribution in [0.25, 0.3) is 32.9 Å². The summed E-state index contributed by atoms with van der Waals surface area (Å²) < 4.78 is 5.56. The molecule has 30 heavy (non-hydrogen) atoms. The van der Waals surface area contributed by atoms with Crippen LogP contribution in [-0.2, 0) is 4.74 Å². The number of benzene rings is 1. The summed E-state index contributed by atoms with van der Waals surface area (Å²) in [6, 6.07) is 13.2. The SMILES string of the molecule is c1cc2c(-c3ccc4cc[nH]c4c3)cc(N3CCOCC3)nc2c(C2CCNN2)n1. The van der Waals surface area contributed by atoms with E-state index in [0.29, 0.717) is 0 Å². The summed E-state index contributed by atoms with van der Waals surface area (Å²) in [4.78, 5) is 15.5. The molecule has 1 aromatic carbocycles. The Bertz CT molecular complexity index is 1210. The molecule has 2 saturated heterocycles. The maximum atomic E-state index is 5.56. The maximum Gasteiger partial charge on any atom is 0.130 e. The fourth-order valence-electron chi connectivity index (χ4n) is 4.51. The number of rotatable bonds is 3. The van der Waals surface area contributed by atoms with E-state index in [4.69, 9.17) is 14.7 Å². The van der Waals surface area contributed by atoms with Crippen LogP contribution in [0, 0.1) is 0 Å². The van der Waals surface area contributed by atoms with Gasteiger partial charge in [0.15, 0.2) is 0 Å². The van der Waals surface area contributed by atoms with Crippen LogP contribution in [0.4, 0.5) is 5.82 Å². The number of fused-ring (bicyclic) bond motifs is 2. The third kappa shape index (κ3) is 3.02. The molecule has 7 nitrogen and oxygen atoms in total. The lowest BCUT2D eigenvalue weighted by Crippen LogP contribution is -2.36. The number of ether oxygens (including phenoxy) is 1. The summed E-state index contributed by atoms with van der Waals surface area (Å²) >= 11 is 0. The van der Waals surface area contributed by atoms with E-state index in [-0.39, 0.29) is 6.04 Å². The predicted molar refractivity (Wildman–Crippen MR) is 118 cm³/mol. The molecule has 5 heterocycles. The Labute approximate surface area is 174 Å². The lowest BCUT2D eigenvalue weighted by molar-refractivity contribution is 0.122. The fraction of sp³-hybridized carbons (Fsp3) is 0.304. The second kappa shape index (κ2) is 7.36. The van der Waals surface area contributed by atoms with Gasteiger partial charge in [-0.3, -0.25) is 10.4 Å². The second-order valence-electron chi connectivity index (χ2n) is 7.91. The minimum atomic E-state index is 0.167. The first-order valence-electron chi connectivity index (χ1n) is 10.5. The van der Waals surface area contributed by atoms with Crippen molar-refractivity contribution in [2.24, 2.45) is 0 Å². The van der Waals surface area contributed by atoms with Crippen LogP contribution in [0.2, 0.25) is 0 Å². The first kappa shape index (κ1) is 17.8. The lowest BCUT2D eigenvalue weighted by Gasteiger charge is -2.29. The van der Waals surface area contributed by atoms with Crippen LogP contribution in [-0.4, -0.2) is 47.8 Å². The zero-order chi connectivity index (χ0) is 19.9. The Morgan fingerprint density at radius 2 is 2.00 bits per heavy atom. The van der Waals surface area contributed by atoms with Gasteiger partial charge in [-0.25, -0.2) is 10.4 Å². The van der Waals surface area contributed by atoms with Crippen molar-refractivity contribution in [1.82, 2.24) is 25.8 Å². The second-order valence-corrected chi connectivity index (χ2v) is 7.91. The van der Waals surface area contributed by atoms with Crippen LogP contribution in [0.1, 0.15) is 18.2 Å². The van der Waals surface area contributed by atoms with Gasteiger partial charge in [0.1, 0.15) is 5.82 Å². The lowest BCUT2D eigenvalue weighted by atomic mass is 9.98. The number of pyridine rings is 2. The molecule has 0 radical (unpaired) electrons. The highest BCUT2D eigenvalue weighted by atomic mass is 16.5. The molecule has 3 N–H and O–H groups in total. The average Bonchev–Trinajstić information content (AvgIpc) is 3.50. The quantitative estimate of drug-likeness (QED) is 0.490. The monoisotopic (exact) mass is 400 g/mol. The molecular weight excluding hydrogens is 376 g/mol. The summed E-state index contributed by atoms with van der Waals surface area (Å²) in [5, 5.41) is 2.35. The molecule has 4 aromatic rings. The number of nitrogens with zero attached hydrogens (tertiary/aromatic N) is 3. The predicted octanol–water partition coefficient (Wildman–Crippen LogP) is 3.15. The largest absolute Gasteiger partial charge is 0.378 e. The number of hydrogen-bond acceptors (Lipinski definition) is 6. The van der Waals surface area contributed by atoms with Crippen molar-refractivity contribution in [3.8, 4) is 11.1 Å². The molecule has 0 spiro atoms. The maximum absolute atomic E-state index is 5.56. The number of H-pyrrole nitrogens is 1. The molecule has 1 atom stereocenters. The van der Waals surface area contributed by atoms with Crippen molar-refractivity contribution < 1.29 is 4.74 Å². The van der Waals surface area contributed by atoms with Gasteiger partial charge in [-0.15, -0.1) is 0 Å². The zero-order valence-corrected chi connectivity index (χ0v) is 16.7. The summed E-state index contributed by atoms with van der Waals surface area (Å²) in [6.45, 7) is 4.11. The van der Waals surface area contributed by atoms with Gasteiger partial charge < -0.3 is 14.6 Å². The van der Waals surface area contributed by atoms with Crippen LogP contribution in [0.15, 0.2) is 48.8 Å².